The van der Waals surface area contributed by atoms with E-state index in [0.29, 0.717) is 11.8 Å². The van der Waals surface area contributed by atoms with Crippen molar-refractivity contribution in [3.63, 3.8) is 0 Å². The number of epoxide rings is 1. The smallest absolute Gasteiger partial charge is 0.120 e. The van der Waals surface area contributed by atoms with Crippen molar-refractivity contribution >= 4 is 0 Å². The van der Waals surface area contributed by atoms with Gasteiger partial charge in [0.15, 0.2) is 0 Å². The molecule has 0 N–H and O–H groups in total. The van der Waals surface area contributed by atoms with E-state index < -0.39 is 0 Å². The van der Waals surface area contributed by atoms with E-state index in [9.17, 15) is 4.91 Å². The van der Waals surface area contributed by atoms with Crippen LogP contribution in [0.5, 0.6) is 0 Å². The molecular formula is C19H30N2O3. The van der Waals surface area contributed by atoms with Crippen molar-refractivity contribution in [2.75, 3.05) is 13.6 Å². The van der Waals surface area contributed by atoms with Gasteiger partial charge in [-0.05, 0) is 42.9 Å². The average Bonchev–Trinajstić information content (AvgIpc) is 2.98. The van der Waals surface area contributed by atoms with Crippen LogP contribution in [0.15, 0.2) is 5.18 Å². The highest BCUT2D eigenvalue weighted by Crippen LogP contribution is 2.76. The predicted molar refractivity (Wildman–Crippen MR) is 90.2 cm³/mol. The maximum atomic E-state index is 11.1. The largest absolute Gasteiger partial charge is 0.363 e. The van der Waals surface area contributed by atoms with Gasteiger partial charge in [0.25, 0.3) is 0 Å². The van der Waals surface area contributed by atoms with Gasteiger partial charge in [-0.15, -0.1) is 0 Å². The molecule has 1 spiro atoms. The molecule has 0 aromatic rings. The maximum absolute atomic E-state index is 11.1. The van der Waals surface area contributed by atoms with Gasteiger partial charge in [0, 0.05) is 18.9 Å². The highest BCUT2D eigenvalue weighted by atomic mass is 16.7. The Hall–Kier alpha value is -0.520. The van der Waals surface area contributed by atoms with Gasteiger partial charge in [-0.3, -0.25) is 4.84 Å². The van der Waals surface area contributed by atoms with Crippen LogP contribution in [-0.4, -0.2) is 42.0 Å². The van der Waals surface area contributed by atoms with Gasteiger partial charge >= 0.3 is 0 Å². The van der Waals surface area contributed by atoms with E-state index in [4.69, 9.17) is 9.57 Å². The quantitative estimate of drug-likeness (QED) is 0.573. The molecule has 5 nitrogen and oxygen atoms in total. The number of rotatable bonds is 2. The molecule has 2 saturated heterocycles. The molecule has 3 aliphatic carbocycles. The SMILES string of the molecule is CC1CCC23CCC[C@]24N(C)O[C@H](C[C@@]2(CN=O)O[C@H]2[C@@H]3C)C14C. The zero-order valence-corrected chi connectivity index (χ0v) is 15.4. The third-order valence-electron chi connectivity index (χ3n) is 9.43. The lowest BCUT2D eigenvalue weighted by Gasteiger charge is -2.63. The molecule has 0 radical (unpaired) electrons. The minimum Gasteiger partial charge on any atom is -0.363 e. The first-order valence-electron chi connectivity index (χ1n) is 9.75. The summed E-state index contributed by atoms with van der Waals surface area (Å²) in [5.41, 5.74) is 0.122. The van der Waals surface area contributed by atoms with Crippen LogP contribution < -0.4 is 0 Å². The summed E-state index contributed by atoms with van der Waals surface area (Å²) in [5, 5.41) is 5.52. The number of hydrogen-bond donors (Lipinski definition) is 0. The summed E-state index contributed by atoms with van der Waals surface area (Å²) in [6.07, 6.45) is 7.45. The summed E-state index contributed by atoms with van der Waals surface area (Å²) in [5.74, 6) is 1.08. The van der Waals surface area contributed by atoms with Crippen LogP contribution in [0.25, 0.3) is 0 Å². The third kappa shape index (κ3) is 1.36. The zero-order chi connectivity index (χ0) is 17.0. The molecule has 3 unspecified atom stereocenters. The van der Waals surface area contributed by atoms with Crippen LogP contribution in [0, 0.1) is 27.6 Å². The van der Waals surface area contributed by atoms with Gasteiger partial charge in [0.2, 0.25) is 0 Å². The topological polar surface area (TPSA) is 54.4 Å². The van der Waals surface area contributed by atoms with Gasteiger partial charge in [0.05, 0.1) is 17.7 Å². The van der Waals surface area contributed by atoms with Crippen LogP contribution >= 0.6 is 0 Å². The molecule has 5 rings (SSSR count). The first-order valence-corrected chi connectivity index (χ1v) is 9.75. The predicted octanol–water partition coefficient (Wildman–Crippen LogP) is 3.52. The Bertz CT molecular complexity index is 599. The number of nitrogens with zero attached hydrogens (tertiary/aromatic N) is 2. The second-order valence-electron chi connectivity index (χ2n) is 9.57. The van der Waals surface area contributed by atoms with Crippen molar-refractivity contribution in [1.82, 2.24) is 5.06 Å². The van der Waals surface area contributed by atoms with Crippen molar-refractivity contribution in [2.45, 2.75) is 82.6 Å². The molecule has 4 bridgehead atoms. The summed E-state index contributed by atoms with van der Waals surface area (Å²) < 4.78 is 6.26. The molecule has 0 amide bonds. The fourth-order valence-electron chi connectivity index (χ4n) is 8.15. The minimum atomic E-state index is -0.364. The van der Waals surface area contributed by atoms with E-state index >= 15 is 0 Å². The second-order valence-corrected chi connectivity index (χ2v) is 9.57. The first kappa shape index (κ1) is 15.7. The van der Waals surface area contributed by atoms with E-state index in [1.165, 1.54) is 32.1 Å². The Kier molecular flexibility index (Phi) is 2.89. The highest BCUT2D eigenvalue weighted by molar-refractivity contribution is 5.30. The van der Waals surface area contributed by atoms with Crippen molar-refractivity contribution in [3.05, 3.63) is 4.91 Å². The zero-order valence-electron chi connectivity index (χ0n) is 15.4. The van der Waals surface area contributed by atoms with E-state index in [2.05, 4.69) is 38.1 Å². The van der Waals surface area contributed by atoms with Crippen LogP contribution in [-0.2, 0) is 9.57 Å². The lowest BCUT2D eigenvalue weighted by atomic mass is 9.42. The lowest BCUT2D eigenvalue weighted by molar-refractivity contribution is -0.210. The number of hydroxylamine groups is 2. The number of fused-ring (bicyclic) bond motifs is 1. The summed E-state index contributed by atoms with van der Waals surface area (Å²) in [6.45, 7) is 7.55. The average molecular weight is 334 g/mol. The Morgan fingerprint density at radius 1 is 1.25 bits per heavy atom. The van der Waals surface area contributed by atoms with Crippen LogP contribution in [0.2, 0.25) is 0 Å². The Labute approximate surface area is 144 Å². The summed E-state index contributed by atoms with van der Waals surface area (Å²) in [4.78, 5) is 17.7. The van der Waals surface area contributed by atoms with Crippen LogP contribution in [0.4, 0.5) is 0 Å². The third-order valence-corrected chi connectivity index (χ3v) is 9.43. The van der Waals surface area contributed by atoms with E-state index in [1.807, 2.05) is 0 Å². The van der Waals surface area contributed by atoms with Crippen LogP contribution in [0.3, 0.4) is 0 Å². The minimum absolute atomic E-state index is 0.120. The molecule has 5 heteroatoms. The standard InChI is InChI=1S/C19H30N2O3/c1-12-6-9-17-7-5-8-19(17)16(12,3)14(24-21(19)4)10-18(11-20-22)15(23-18)13(17)2/h12-15H,5-11H2,1-4H3/t12?,13-,14+,15-,16?,17?,18-,19+/m0/s1. The van der Waals surface area contributed by atoms with E-state index in [1.54, 1.807) is 0 Å². The molecule has 8 atom stereocenters. The molecule has 5 aliphatic rings. The number of nitroso groups, excluding NO2 is 1. The van der Waals surface area contributed by atoms with Crippen LogP contribution in [0.1, 0.15) is 59.3 Å². The summed E-state index contributed by atoms with van der Waals surface area (Å²) >= 11 is 0. The van der Waals surface area contributed by atoms with Crippen molar-refractivity contribution in [2.24, 2.45) is 27.8 Å². The number of ether oxygens (including phenoxy) is 1. The van der Waals surface area contributed by atoms with E-state index in [-0.39, 0.29) is 40.7 Å². The molecule has 2 aliphatic heterocycles. The van der Waals surface area contributed by atoms with Crippen molar-refractivity contribution in [3.8, 4) is 0 Å². The first-order chi connectivity index (χ1) is 11.4. The molecule has 0 aromatic heterocycles. The second kappa shape index (κ2) is 4.41. The summed E-state index contributed by atoms with van der Waals surface area (Å²) in [6, 6.07) is 0. The van der Waals surface area contributed by atoms with Gasteiger partial charge in [-0.2, -0.15) is 9.97 Å². The molecule has 2 heterocycles. The van der Waals surface area contributed by atoms with Gasteiger partial charge in [-0.1, -0.05) is 32.4 Å². The molecule has 24 heavy (non-hydrogen) atoms. The van der Waals surface area contributed by atoms with E-state index in [0.717, 1.165) is 6.42 Å². The number of hydrogen-bond acceptors (Lipinski definition) is 5. The molecule has 0 aromatic carbocycles. The molecular weight excluding hydrogens is 304 g/mol. The fraction of sp³-hybridized carbons (Fsp3) is 1.00. The summed E-state index contributed by atoms with van der Waals surface area (Å²) in [7, 11) is 2.17. The highest BCUT2D eigenvalue weighted by Gasteiger charge is 2.81. The van der Waals surface area contributed by atoms with Crippen molar-refractivity contribution in [1.29, 1.82) is 0 Å². The van der Waals surface area contributed by atoms with Gasteiger partial charge in [0.1, 0.15) is 12.1 Å². The Morgan fingerprint density at radius 3 is 2.79 bits per heavy atom. The molecule has 5 fully saturated rings. The lowest BCUT2D eigenvalue weighted by Crippen LogP contribution is -2.69. The maximum Gasteiger partial charge on any atom is 0.120 e. The Balaban J connectivity index is 1.73. The Morgan fingerprint density at radius 2 is 2.04 bits per heavy atom. The monoisotopic (exact) mass is 334 g/mol. The fourth-order valence-corrected chi connectivity index (χ4v) is 8.15. The molecule has 134 valence electrons. The van der Waals surface area contributed by atoms with Gasteiger partial charge in [-0.25, -0.2) is 0 Å². The molecule has 3 saturated carbocycles. The van der Waals surface area contributed by atoms with Gasteiger partial charge < -0.3 is 4.74 Å². The van der Waals surface area contributed by atoms with Crippen molar-refractivity contribution < 1.29 is 9.57 Å². The normalized spacial score (nSPS) is 61.7.